The van der Waals surface area contributed by atoms with E-state index in [2.05, 4.69) is 0 Å². The van der Waals surface area contributed by atoms with Crippen molar-refractivity contribution >= 4 is 44.5 Å². The van der Waals surface area contributed by atoms with Crippen molar-refractivity contribution in [3.63, 3.8) is 0 Å². The molecule has 0 aromatic heterocycles. The van der Waals surface area contributed by atoms with Crippen LogP contribution in [-0.4, -0.2) is 25.9 Å². The summed E-state index contributed by atoms with van der Waals surface area (Å²) in [6.45, 7) is 0. The van der Waals surface area contributed by atoms with Gasteiger partial charge in [-0.05, 0) is 27.8 Å². The molecule has 0 heterocycles. The van der Waals surface area contributed by atoms with Crippen LogP contribution in [-0.2, 0) is 20.2 Å². The molecule has 4 rings (SSSR count). The van der Waals surface area contributed by atoms with E-state index in [0.717, 1.165) is 16.7 Å². The van der Waals surface area contributed by atoms with Gasteiger partial charge in [0.2, 0.25) is 0 Å². The Morgan fingerprint density at radius 1 is 0.472 bits per heavy atom. The molecule has 6 nitrogen and oxygen atoms in total. The van der Waals surface area contributed by atoms with Gasteiger partial charge in [-0.3, -0.25) is 9.11 Å². The Kier molecular flexibility index (Phi) is 7.32. The molecule has 0 radical (unpaired) electrons. The first kappa shape index (κ1) is 25.3. The fourth-order valence-corrected chi connectivity index (χ4v) is 5.97. The quantitative estimate of drug-likeness (QED) is 0.223. The molecule has 0 aliphatic heterocycles. The zero-order valence-corrected chi connectivity index (χ0v) is 20.5. The van der Waals surface area contributed by atoms with Crippen molar-refractivity contribution in [2.75, 3.05) is 0 Å². The minimum atomic E-state index is -5.04. The summed E-state index contributed by atoms with van der Waals surface area (Å²) in [7, 11) is -10.1. The van der Waals surface area contributed by atoms with Gasteiger partial charge < -0.3 is 0 Å². The minimum Gasteiger partial charge on any atom is -0.282 e. The SMILES string of the molecule is O=S(=O)(O)c1c(C=Cc2ccccc2)ccc(-c2ccc(C=Cc3ccccc3)cc2)c1S(=O)(=O)O. The van der Waals surface area contributed by atoms with E-state index in [0.29, 0.717) is 5.56 Å². The highest BCUT2D eigenvalue weighted by Gasteiger charge is 2.30. The molecule has 0 fully saturated rings. The van der Waals surface area contributed by atoms with E-state index in [9.17, 15) is 25.9 Å². The highest BCUT2D eigenvalue weighted by molar-refractivity contribution is 7.89. The van der Waals surface area contributed by atoms with Gasteiger partial charge in [0.05, 0.1) is 0 Å². The van der Waals surface area contributed by atoms with Crippen LogP contribution in [0.4, 0.5) is 0 Å². The molecule has 2 N–H and O–H groups in total. The van der Waals surface area contributed by atoms with Crippen LogP contribution in [0.15, 0.2) is 107 Å². The standard InChI is InChI=1S/C28H22O6S2/c29-35(30,31)27-25(18-15-22-9-5-2-6-10-22)19-20-26(28(27)36(32,33)34)24-16-13-23(14-17-24)12-11-21-7-3-1-4-8-21/h1-20H,(H,29,30,31)(H,32,33,34). The lowest BCUT2D eigenvalue weighted by atomic mass is 10.0. The largest absolute Gasteiger partial charge is 0.296 e. The van der Waals surface area contributed by atoms with Crippen LogP contribution in [0.1, 0.15) is 22.3 Å². The smallest absolute Gasteiger partial charge is 0.282 e. The molecule has 4 aromatic rings. The molecule has 8 heteroatoms. The van der Waals surface area contributed by atoms with Gasteiger partial charge in [0.15, 0.2) is 0 Å². The van der Waals surface area contributed by atoms with Crippen molar-refractivity contribution in [1.29, 1.82) is 0 Å². The van der Waals surface area contributed by atoms with Crippen LogP contribution in [0.25, 0.3) is 35.4 Å². The number of hydrogen-bond acceptors (Lipinski definition) is 4. The van der Waals surface area contributed by atoms with Gasteiger partial charge in [-0.25, -0.2) is 0 Å². The monoisotopic (exact) mass is 518 g/mol. The average molecular weight is 519 g/mol. The van der Waals surface area contributed by atoms with E-state index in [1.54, 1.807) is 54.6 Å². The summed E-state index contributed by atoms with van der Waals surface area (Å²) in [5.41, 5.74) is 2.78. The molecule has 0 aliphatic rings. The fourth-order valence-electron chi connectivity index (χ4n) is 3.74. The highest BCUT2D eigenvalue weighted by Crippen LogP contribution is 2.36. The fraction of sp³-hybridized carbons (Fsp3) is 0. The Labute approximate surface area is 210 Å². The molecular formula is C28H22O6S2. The molecule has 182 valence electrons. The topological polar surface area (TPSA) is 109 Å². The maximum Gasteiger partial charge on any atom is 0.296 e. The van der Waals surface area contributed by atoms with Gasteiger partial charge in [-0.1, -0.05) is 121 Å². The summed E-state index contributed by atoms with van der Waals surface area (Å²) in [6.07, 6.45) is 6.74. The van der Waals surface area contributed by atoms with E-state index in [1.807, 2.05) is 48.6 Å². The first-order valence-electron chi connectivity index (χ1n) is 10.8. The molecule has 0 aliphatic carbocycles. The van der Waals surface area contributed by atoms with Crippen molar-refractivity contribution in [2.24, 2.45) is 0 Å². The van der Waals surface area contributed by atoms with Crippen molar-refractivity contribution in [2.45, 2.75) is 9.79 Å². The summed E-state index contributed by atoms with van der Waals surface area (Å²) in [4.78, 5) is -1.77. The molecule has 4 aromatic carbocycles. The second-order valence-electron chi connectivity index (χ2n) is 7.92. The third-order valence-corrected chi connectivity index (χ3v) is 7.43. The Morgan fingerprint density at radius 3 is 1.39 bits per heavy atom. The van der Waals surface area contributed by atoms with Gasteiger partial charge in [0, 0.05) is 5.56 Å². The van der Waals surface area contributed by atoms with Crippen LogP contribution < -0.4 is 0 Å². The average Bonchev–Trinajstić information content (AvgIpc) is 2.86. The number of rotatable bonds is 7. The molecule has 0 bridgehead atoms. The summed E-state index contributed by atoms with van der Waals surface area (Å²) >= 11 is 0. The first-order chi connectivity index (χ1) is 17.1. The minimum absolute atomic E-state index is 0.0550. The summed E-state index contributed by atoms with van der Waals surface area (Å²) < 4.78 is 69.4. The lowest BCUT2D eigenvalue weighted by Gasteiger charge is -2.14. The zero-order chi connectivity index (χ0) is 25.8. The van der Waals surface area contributed by atoms with E-state index in [1.165, 1.54) is 18.2 Å². The number of hydrogen-bond donors (Lipinski definition) is 2. The van der Waals surface area contributed by atoms with E-state index < -0.39 is 30.0 Å². The zero-order valence-electron chi connectivity index (χ0n) is 18.9. The molecule has 0 unspecified atom stereocenters. The van der Waals surface area contributed by atoms with Crippen LogP contribution in [0, 0.1) is 0 Å². The molecule has 0 amide bonds. The van der Waals surface area contributed by atoms with E-state index in [4.69, 9.17) is 0 Å². The molecular weight excluding hydrogens is 496 g/mol. The van der Waals surface area contributed by atoms with Crippen molar-refractivity contribution in [3.05, 3.63) is 119 Å². The van der Waals surface area contributed by atoms with E-state index >= 15 is 0 Å². The predicted molar refractivity (Wildman–Crippen MR) is 142 cm³/mol. The Balaban J connectivity index is 1.81. The van der Waals surface area contributed by atoms with Crippen LogP contribution in [0.2, 0.25) is 0 Å². The lowest BCUT2D eigenvalue weighted by molar-refractivity contribution is 0.466. The molecule has 0 saturated heterocycles. The summed E-state index contributed by atoms with van der Waals surface area (Å²) in [5, 5.41) is 0. The Hall–Kier alpha value is -3.82. The van der Waals surface area contributed by atoms with Crippen molar-refractivity contribution < 1.29 is 25.9 Å². The van der Waals surface area contributed by atoms with Crippen LogP contribution >= 0.6 is 0 Å². The predicted octanol–water partition coefficient (Wildman–Crippen LogP) is 6.19. The Bertz CT molecular complexity index is 1640. The van der Waals surface area contributed by atoms with Crippen molar-refractivity contribution in [1.82, 2.24) is 0 Å². The maximum absolute atomic E-state index is 12.4. The maximum atomic E-state index is 12.4. The summed E-state index contributed by atoms with van der Waals surface area (Å²) in [5.74, 6) is 0. The highest BCUT2D eigenvalue weighted by atomic mass is 32.2. The van der Waals surface area contributed by atoms with E-state index in [-0.39, 0.29) is 11.1 Å². The normalized spacial score (nSPS) is 12.4. The lowest BCUT2D eigenvalue weighted by Crippen LogP contribution is -2.12. The molecule has 36 heavy (non-hydrogen) atoms. The third kappa shape index (κ3) is 6.05. The van der Waals surface area contributed by atoms with Gasteiger partial charge in [-0.2, -0.15) is 16.8 Å². The second-order valence-corrected chi connectivity index (χ2v) is 10.6. The Morgan fingerprint density at radius 2 is 0.917 bits per heavy atom. The van der Waals surface area contributed by atoms with Crippen molar-refractivity contribution in [3.8, 4) is 11.1 Å². The van der Waals surface area contributed by atoms with Gasteiger partial charge in [0.1, 0.15) is 9.79 Å². The van der Waals surface area contributed by atoms with Gasteiger partial charge in [0.25, 0.3) is 20.2 Å². The van der Waals surface area contributed by atoms with Crippen LogP contribution in [0.3, 0.4) is 0 Å². The number of benzene rings is 4. The van der Waals surface area contributed by atoms with Gasteiger partial charge in [-0.15, -0.1) is 0 Å². The van der Waals surface area contributed by atoms with Gasteiger partial charge >= 0.3 is 0 Å². The van der Waals surface area contributed by atoms with Crippen LogP contribution in [0.5, 0.6) is 0 Å². The molecule has 0 atom stereocenters. The second kappa shape index (κ2) is 10.4. The first-order valence-corrected chi connectivity index (χ1v) is 13.7. The third-order valence-electron chi connectivity index (χ3n) is 5.40. The molecule has 0 saturated carbocycles. The summed E-state index contributed by atoms with van der Waals surface area (Å²) in [6, 6.07) is 28.1. The molecule has 0 spiro atoms.